The van der Waals surface area contributed by atoms with Crippen molar-refractivity contribution in [3.63, 3.8) is 0 Å². The Morgan fingerprint density at radius 1 is 0.538 bits per heavy atom. The van der Waals surface area contributed by atoms with Crippen LogP contribution in [0.25, 0.3) is 0 Å². The average Bonchev–Trinajstić information content (AvgIpc) is 3.26. The molecule has 0 saturated carbocycles. The lowest BCUT2D eigenvalue weighted by atomic mass is 10.5. The molecule has 4 heterocycles. The number of rotatable bonds is 0. The van der Waals surface area contributed by atoms with Crippen LogP contribution in [0.2, 0.25) is 0 Å². The summed E-state index contributed by atoms with van der Waals surface area (Å²) in [6, 6.07) is 0. The molecule has 0 amide bonds. The Hall–Kier alpha value is -3.70. The van der Waals surface area contributed by atoms with Crippen molar-refractivity contribution in [1.82, 2.24) is 18.3 Å². The minimum absolute atomic E-state index is 0.0102. The molecule has 2 aromatic heterocycles. The van der Waals surface area contributed by atoms with Crippen LogP contribution in [0.15, 0.2) is 50.8 Å². The van der Waals surface area contributed by atoms with Crippen LogP contribution in [0.4, 0.5) is 0 Å². The van der Waals surface area contributed by atoms with Gasteiger partial charge in [0.05, 0.1) is 0 Å². The predicted molar refractivity (Wildman–Crippen MR) is 85.5 cm³/mol. The van der Waals surface area contributed by atoms with Crippen LogP contribution in [0, 0.1) is 0 Å². The fourth-order valence-electron chi connectivity index (χ4n) is 2.75. The molecule has 0 spiro atoms. The average molecular weight is 356 g/mol. The molecule has 0 saturated heterocycles. The maximum atomic E-state index is 12.2. The molecule has 4 rings (SSSR count). The summed E-state index contributed by atoms with van der Waals surface area (Å²) >= 11 is 0. The van der Waals surface area contributed by atoms with Gasteiger partial charge in [0.1, 0.15) is 0 Å². The van der Waals surface area contributed by atoms with Gasteiger partial charge in [0.15, 0.2) is 21.7 Å². The van der Waals surface area contributed by atoms with Gasteiger partial charge in [0.25, 0.3) is 11.1 Å². The van der Waals surface area contributed by atoms with E-state index in [1.165, 1.54) is 37.3 Å². The van der Waals surface area contributed by atoms with Gasteiger partial charge in [-0.15, -0.1) is 0 Å². The Labute approximate surface area is 142 Å². The van der Waals surface area contributed by atoms with Gasteiger partial charge in [-0.2, -0.15) is 0 Å². The van der Waals surface area contributed by atoms with E-state index in [1.807, 2.05) is 0 Å². The molecule has 0 atom stereocenters. The first kappa shape index (κ1) is 15.8. The Morgan fingerprint density at radius 3 is 1.23 bits per heavy atom. The number of hydrogen-bond acceptors (Lipinski definition) is 8. The minimum Gasteiger partial charge on any atom is -0.279 e. The maximum Gasteiger partial charge on any atom is 0.332 e. The Morgan fingerprint density at radius 2 is 0.885 bits per heavy atom. The monoisotopic (exact) mass is 356 g/mol. The molecule has 0 radical (unpaired) electrons. The zero-order valence-electron chi connectivity index (χ0n) is 14.2. The molecule has 2 aromatic rings. The van der Waals surface area contributed by atoms with E-state index in [2.05, 4.69) is 20.0 Å². The highest BCUT2D eigenvalue weighted by Crippen LogP contribution is 2.10. The van der Waals surface area contributed by atoms with E-state index in [0.29, 0.717) is 0 Å². The third-order valence-corrected chi connectivity index (χ3v) is 4.28. The van der Waals surface area contributed by atoms with Gasteiger partial charge in [-0.3, -0.25) is 27.9 Å². The molecule has 0 bridgehead atoms. The van der Waals surface area contributed by atoms with Crippen LogP contribution in [-0.2, 0) is 28.2 Å². The molecule has 0 N–H and O–H groups in total. The summed E-state index contributed by atoms with van der Waals surface area (Å²) < 4.78 is 4.21. The van der Waals surface area contributed by atoms with Gasteiger partial charge in [-0.1, -0.05) is 0 Å². The number of nitrogens with zero attached hydrogens (tertiary/aromatic N) is 8. The summed E-state index contributed by atoms with van der Waals surface area (Å²) in [4.78, 5) is 65.0. The van der Waals surface area contributed by atoms with E-state index in [0.717, 1.165) is 9.13 Å². The van der Waals surface area contributed by atoms with Crippen molar-refractivity contribution in [2.45, 2.75) is 0 Å². The molecule has 12 heteroatoms. The zero-order chi connectivity index (χ0) is 18.9. The summed E-state index contributed by atoms with van der Waals surface area (Å²) in [7, 11) is 5.60. The van der Waals surface area contributed by atoms with E-state index in [-0.39, 0.29) is 33.3 Å². The number of fused-ring (bicyclic) bond motifs is 2. The summed E-state index contributed by atoms with van der Waals surface area (Å²) in [6.07, 6.45) is 0. The number of aromatic nitrogens is 4. The molecule has 2 aliphatic rings. The number of hydrogen-bond donors (Lipinski definition) is 0. The van der Waals surface area contributed by atoms with Crippen molar-refractivity contribution in [3.05, 3.63) is 75.0 Å². The van der Waals surface area contributed by atoms with Crippen molar-refractivity contribution in [2.75, 3.05) is 0 Å². The standard InChI is InChI=1S/C14H12N8O4/c1-19-9-5(11(23)21(3)13(19)25)15-7(17-9)8-16-6-10(18-8)20(2)14(26)22(4)12(6)24/h1-4H3/b8-7+. The molecular weight excluding hydrogens is 344 g/mol. The summed E-state index contributed by atoms with van der Waals surface area (Å²) in [5, 5.41) is -0.0273. The van der Waals surface area contributed by atoms with Gasteiger partial charge >= 0.3 is 11.4 Å². The Balaban J connectivity index is 2.14. The van der Waals surface area contributed by atoms with Crippen LogP contribution in [0.3, 0.4) is 0 Å². The van der Waals surface area contributed by atoms with Crippen molar-refractivity contribution < 1.29 is 0 Å². The maximum absolute atomic E-state index is 12.2. The van der Waals surface area contributed by atoms with E-state index >= 15 is 0 Å². The largest absolute Gasteiger partial charge is 0.332 e. The highest BCUT2D eigenvalue weighted by Gasteiger charge is 2.20. The first-order chi connectivity index (χ1) is 12.2. The van der Waals surface area contributed by atoms with Crippen molar-refractivity contribution in [2.24, 2.45) is 48.2 Å². The Kier molecular flexibility index (Phi) is 2.98. The lowest BCUT2D eigenvalue weighted by Gasteiger charge is -1.98. The van der Waals surface area contributed by atoms with Crippen LogP contribution >= 0.6 is 0 Å². The first-order valence-corrected chi connectivity index (χ1v) is 7.43. The second-order valence-corrected chi connectivity index (χ2v) is 5.85. The normalized spacial score (nSPS) is 17.1. The molecule has 0 fully saturated rings. The fraction of sp³-hybridized carbons (Fsp3) is 0.286. The van der Waals surface area contributed by atoms with Crippen molar-refractivity contribution in [1.29, 1.82) is 0 Å². The van der Waals surface area contributed by atoms with Crippen LogP contribution in [0.5, 0.6) is 0 Å². The third kappa shape index (κ3) is 1.83. The second kappa shape index (κ2) is 4.91. The highest BCUT2D eigenvalue weighted by molar-refractivity contribution is 5.18. The van der Waals surface area contributed by atoms with Crippen molar-refractivity contribution in [3.8, 4) is 0 Å². The Bertz CT molecular complexity index is 1430. The third-order valence-electron chi connectivity index (χ3n) is 4.28. The lowest BCUT2D eigenvalue weighted by Crippen LogP contribution is -2.55. The summed E-state index contributed by atoms with van der Waals surface area (Å²) in [6.45, 7) is 0. The van der Waals surface area contributed by atoms with Gasteiger partial charge in [0.2, 0.25) is 11.6 Å². The minimum atomic E-state index is -0.596. The fourth-order valence-corrected chi connectivity index (χ4v) is 2.75. The topological polar surface area (TPSA) is 137 Å². The highest BCUT2D eigenvalue weighted by atomic mass is 16.2. The van der Waals surface area contributed by atoms with Gasteiger partial charge < -0.3 is 0 Å². The molecule has 26 heavy (non-hydrogen) atoms. The smallest absolute Gasteiger partial charge is 0.279 e. The molecule has 12 nitrogen and oxygen atoms in total. The predicted octanol–water partition coefficient (Wildman–Crippen LogP) is -5.19. The lowest BCUT2D eigenvalue weighted by molar-refractivity contribution is 0.647. The molecular formula is C14H12N8O4. The van der Waals surface area contributed by atoms with E-state index < -0.39 is 22.5 Å². The quantitative estimate of drug-likeness (QED) is 0.466. The molecule has 0 unspecified atom stereocenters. The van der Waals surface area contributed by atoms with Crippen molar-refractivity contribution >= 4 is 0 Å². The first-order valence-electron chi connectivity index (χ1n) is 7.43. The van der Waals surface area contributed by atoms with Gasteiger partial charge in [-0.05, 0) is 0 Å². The SMILES string of the molecule is Cn1c(=O)c2c(n(C)c1=O)=N/C(=C1\N=c3c(=O)n(C)c(=O)n(C)c3=N1)N=2. The van der Waals surface area contributed by atoms with Gasteiger partial charge in [-0.25, -0.2) is 29.6 Å². The van der Waals surface area contributed by atoms with E-state index in [1.54, 1.807) is 0 Å². The molecule has 132 valence electrons. The molecule has 0 aromatic carbocycles. The van der Waals surface area contributed by atoms with Gasteiger partial charge in [0, 0.05) is 28.2 Å². The summed E-state index contributed by atoms with van der Waals surface area (Å²) in [5.41, 5.74) is -2.10. The van der Waals surface area contributed by atoms with Crippen LogP contribution in [-0.4, -0.2) is 18.3 Å². The summed E-state index contributed by atoms with van der Waals surface area (Å²) in [5.74, 6) is -0.0204. The van der Waals surface area contributed by atoms with Crippen LogP contribution in [0.1, 0.15) is 0 Å². The van der Waals surface area contributed by atoms with E-state index in [4.69, 9.17) is 0 Å². The van der Waals surface area contributed by atoms with Crippen LogP contribution < -0.4 is 44.2 Å². The molecule has 2 aliphatic heterocycles. The zero-order valence-corrected chi connectivity index (χ0v) is 14.2. The second-order valence-electron chi connectivity index (χ2n) is 5.85. The van der Waals surface area contributed by atoms with E-state index in [9.17, 15) is 19.2 Å². The molecule has 0 aliphatic carbocycles.